The molecule has 0 saturated carbocycles. The number of halogens is 1. The van der Waals surface area contributed by atoms with Crippen LogP contribution in [0.3, 0.4) is 0 Å². The van der Waals surface area contributed by atoms with Gasteiger partial charge in [-0.25, -0.2) is 0 Å². The minimum absolute atomic E-state index is 0.204. The van der Waals surface area contributed by atoms with Gasteiger partial charge in [0.15, 0.2) is 0 Å². The molecule has 86 valence electrons. The summed E-state index contributed by atoms with van der Waals surface area (Å²) in [5, 5.41) is 21.0. The summed E-state index contributed by atoms with van der Waals surface area (Å²) in [6, 6.07) is 8.04. The number of hydrogen-bond acceptors (Lipinski definition) is 3. The fourth-order valence-electron chi connectivity index (χ4n) is 1.49. The van der Waals surface area contributed by atoms with Crippen LogP contribution in [0.1, 0.15) is 25.3 Å². The molecular formula is C12H15BrN2O. The van der Waals surface area contributed by atoms with Crippen LogP contribution in [0, 0.1) is 11.3 Å². The van der Waals surface area contributed by atoms with Crippen molar-refractivity contribution >= 4 is 21.6 Å². The summed E-state index contributed by atoms with van der Waals surface area (Å²) >= 11 is 3.35. The van der Waals surface area contributed by atoms with Gasteiger partial charge >= 0.3 is 0 Å². The third-order valence-corrected chi connectivity index (χ3v) is 2.98. The smallest absolute Gasteiger partial charge is 0.103 e. The number of rotatable bonds is 5. The van der Waals surface area contributed by atoms with E-state index >= 15 is 0 Å². The maximum Gasteiger partial charge on any atom is 0.103 e. The van der Waals surface area contributed by atoms with Crippen molar-refractivity contribution in [2.45, 2.75) is 25.8 Å². The second kappa shape index (κ2) is 6.51. The fraction of sp³-hybridized carbons (Fsp3) is 0.417. The van der Waals surface area contributed by atoms with Gasteiger partial charge < -0.3 is 10.4 Å². The summed E-state index contributed by atoms with van der Waals surface area (Å²) in [6.07, 6.45) is 1.65. The van der Waals surface area contributed by atoms with Crippen LogP contribution in [0.2, 0.25) is 0 Å². The second-order valence-corrected chi connectivity index (χ2v) is 4.54. The minimum atomic E-state index is 0.204. The topological polar surface area (TPSA) is 56.0 Å². The quantitative estimate of drug-likeness (QED) is 0.873. The van der Waals surface area contributed by atoms with E-state index in [-0.39, 0.29) is 12.6 Å². The summed E-state index contributed by atoms with van der Waals surface area (Å²) in [4.78, 5) is 0. The van der Waals surface area contributed by atoms with Gasteiger partial charge in [-0.1, -0.05) is 6.07 Å². The van der Waals surface area contributed by atoms with E-state index in [9.17, 15) is 0 Å². The first-order valence-corrected chi connectivity index (χ1v) is 6.04. The van der Waals surface area contributed by atoms with E-state index < -0.39 is 0 Å². The lowest BCUT2D eigenvalue weighted by Gasteiger charge is -2.16. The van der Waals surface area contributed by atoms with Crippen LogP contribution < -0.4 is 5.32 Å². The van der Waals surface area contributed by atoms with E-state index in [1.807, 2.05) is 25.1 Å². The number of aliphatic hydroxyl groups is 1. The molecule has 0 bridgehead atoms. The summed E-state index contributed by atoms with van der Waals surface area (Å²) in [6.45, 7) is 2.24. The molecular weight excluding hydrogens is 268 g/mol. The lowest BCUT2D eigenvalue weighted by atomic mass is 10.1. The molecule has 1 aromatic rings. The standard InChI is InChI=1S/C12H15BrN2O/c1-9(4-3-7-16)15-12-6-2-5-11(13)10(12)8-14/h2,5-6,9,15-16H,3-4,7H2,1H3. The zero-order chi connectivity index (χ0) is 12.0. The van der Waals surface area contributed by atoms with Crippen molar-refractivity contribution in [3.05, 3.63) is 28.2 Å². The van der Waals surface area contributed by atoms with E-state index in [2.05, 4.69) is 27.3 Å². The first-order valence-electron chi connectivity index (χ1n) is 5.25. The average molecular weight is 283 g/mol. The number of benzene rings is 1. The van der Waals surface area contributed by atoms with Crippen molar-refractivity contribution in [1.82, 2.24) is 0 Å². The lowest BCUT2D eigenvalue weighted by Crippen LogP contribution is -2.16. The van der Waals surface area contributed by atoms with E-state index in [1.54, 1.807) is 0 Å². The fourth-order valence-corrected chi connectivity index (χ4v) is 1.95. The van der Waals surface area contributed by atoms with E-state index in [1.165, 1.54) is 0 Å². The summed E-state index contributed by atoms with van der Waals surface area (Å²) < 4.78 is 0.800. The van der Waals surface area contributed by atoms with Gasteiger partial charge in [0, 0.05) is 17.1 Å². The Kier molecular flexibility index (Phi) is 5.30. The number of hydrogen-bond donors (Lipinski definition) is 2. The van der Waals surface area contributed by atoms with Gasteiger partial charge in [-0.15, -0.1) is 0 Å². The van der Waals surface area contributed by atoms with E-state index in [0.29, 0.717) is 5.56 Å². The van der Waals surface area contributed by atoms with Crippen LogP contribution in [0.15, 0.2) is 22.7 Å². The van der Waals surface area contributed by atoms with Crippen LogP contribution in [0.25, 0.3) is 0 Å². The molecule has 4 heteroatoms. The molecule has 2 N–H and O–H groups in total. The van der Waals surface area contributed by atoms with Gasteiger partial charge in [0.2, 0.25) is 0 Å². The normalized spacial score (nSPS) is 11.9. The van der Waals surface area contributed by atoms with Crippen LogP contribution >= 0.6 is 15.9 Å². The largest absolute Gasteiger partial charge is 0.396 e. The molecule has 0 amide bonds. The molecule has 3 nitrogen and oxygen atoms in total. The van der Waals surface area contributed by atoms with Crippen LogP contribution in [-0.2, 0) is 0 Å². The van der Waals surface area contributed by atoms with E-state index in [0.717, 1.165) is 23.0 Å². The number of nitrogens with zero attached hydrogens (tertiary/aromatic N) is 1. The Morgan fingerprint density at radius 1 is 1.56 bits per heavy atom. The third-order valence-electron chi connectivity index (χ3n) is 2.32. The van der Waals surface area contributed by atoms with Crippen molar-refractivity contribution in [3.8, 4) is 6.07 Å². The van der Waals surface area contributed by atoms with Crippen molar-refractivity contribution in [2.24, 2.45) is 0 Å². The van der Waals surface area contributed by atoms with Gasteiger partial charge in [0.05, 0.1) is 11.3 Å². The summed E-state index contributed by atoms with van der Waals surface area (Å²) in [5.74, 6) is 0. The number of nitrogens with one attached hydrogen (secondary N) is 1. The zero-order valence-corrected chi connectivity index (χ0v) is 10.8. The Labute approximate surface area is 104 Å². The summed E-state index contributed by atoms with van der Waals surface area (Å²) in [5.41, 5.74) is 1.46. The van der Waals surface area contributed by atoms with Crippen molar-refractivity contribution in [1.29, 1.82) is 5.26 Å². The second-order valence-electron chi connectivity index (χ2n) is 3.69. The molecule has 0 saturated heterocycles. The molecule has 0 aliphatic carbocycles. The SMILES string of the molecule is CC(CCCO)Nc1cccc(Br)c1C#N. The molecule has 1 atom stereocenters. The maximum atomic E-state index is 9.03. The predicted octanol–water partition coefficient (Wildman–Crippen LogP) is 2.89. The summed E-state index contributed by atoms with van der Waals surface area (Å²) in [7, 11) is 0. The van der Waals surface area contributed by atoms with Crippen molar-refractivity contribution in [3.63, 3.8) is 0 Å². The zero-order valence-electron chi connectivity index (χ0n) is 9.20. The Morgan fingerprint density at radius 2 is 2.31 bits per heavy atom. The van der Waals surface area contributed by atoms with Gasteiger partial charge in [0.1, 0.15) is 6.07 Å². The highest BCUT2D eigenvalue weighted by atomic mass is 79.9. The first kappa shape index (κ1) is 13.0. The Bertz CT molecular complexity index is 387. The van der Waals surface area contributed by atoms with Crippen LogP contribution in [-0.4, -0.2) is 17.8 Å². The Hall–Kier alpha value is -1.05. The van der Waals surface area contributed by atoms with Crippen molar-refractivity contribution < 1.29 is 5.11 Å². The molecule has 0 spiro atoms. The van der Waals surface area contributed by atoms with Crippen LogP contribution in [0.4, 0.5) is 5.69 Å². The Morgan fingerprint density at radius 3 is 2.94 bits per heavy atom. The highest BCUT2D eigenvalue weighted by Gasteiger charge is 2.08. The molecule has 16 heavy (non-hydrogen) atoms. The number of nitriles is 1. The van der Waals surface area contributed by atoms with Gasteiger partial charge in [-0.3, -0.25) is 0 Å². The van der Waals surface area contributed by atoms with Gasteiger partial charge in [-0.05, 0) is 47.8 Å². The molecule has 0 fully saturated rings. The average Bonchev–Trinajstić information content (AvgIpc) is 2.27. The molecule has 1 rings (SSSR count). The van der Waals surface area contributed by atoms with Crippen LogP contribution in [0.5, 0.6) is 0 Å². The molecule has 0 aliphatic heterocycles. The molecule has 1 aromatic carbocycles. The predicted molar refractivity (Wildman–Crippen MR) is 68.3 cm³/mol. The molecule has 0 radical (unpaired) electrons. The van der Waals surface area contributed by atoms with Gasteiger partial charge in [-0.2, -0.15) is 5.26 Å². The molecule has 0 heterocycles. The lowest BCUT2D eigenvalue weighted by molar-refractivity contribution is 0.282. The third kappa shape index (κ3) is 3.51. The van der Waals surface area contributed by atoms with Crippen molar-refractivity contribution in [2.75, 3.05) is 11.9 Å². The first-order chi connectivity index (χ1) is 7.69. The molecule has 1 unspecified atom stereocenters. The number of aliphatic hydroxyl groups excluding tert-OH is 1. The highest BCUT2D eigenvalue weighted by molar-refractivity contribution is 9.10. The minimum Gasteiger partial charge on any atom is -0.396 e. The molecule has 0 aliphatic rings. The molecule has 0 aromatic heterocycles. The van der Waals surface area contributed by atoms with E-state index in [4.69, 9.17) is 10.4 Å². The monoisotopic (exact) mass is 282 g/mol. The highest BCUT2D eigenvalue weighted by Crippen LogP contribution is 2.24. The maximum absolute atomic E-state index is 9.03. The Balaban J connectivity index is 2.74. The number of anilines is 1. The van der Waals surface area contributed by atoms with Gasteiger partial charge in [0.25, 0.3) is 0 Å².